The van der Waals surface area contributed by atoms with Crippen LogP contribution in [-0.4, -0.2) is 26.1 Å². The van der Waals surface area contributed by atoms with E-state index in [1.165, 1.54) is 24.8 Å². The predicted octanol–water partition coefficient (Wildman–Crippen LogP) is 3.95. The van der Waals surface area contributed by atoms with Crippen LogP contribution in [0.3, 0.4) is 0 Å². The van der Waals surface area contributed by atoms with E-state index in [9.17, 15) is 0 Å². The number of pyridine rings is 2. The lowest BCUT2D eigenvalue weighted by Crippen LogP contribution is -2.06. The summed E-state index contributed by atoms with van der Waals surface area (Å²) in [6.45, 7) is 0.915. The first-order valence-electron chi connectivity index (χ1n) is 8.95. The Hall–Kier alpha value is -2.14. The van der Waals surface area contributed by atoms with Gasteiger partial charge in [-0.25, -0.2) is 0 Å². The third-order valence-corrected chi connectivity index (χ3v) is 5.72. The van der Waals surface area contributed by atoms with Crippen LogP contribution in [0.25, 0.3) is 5.65 Å². The van der Waals surface area contributed by atoms with Crippen LogP contribution >= 0.6 is 11.6 Å². The second kappa shape index (κ2) is 5.99. The summed E-state index contributed by atoms with van der Waals surface area (Å²) in [7, 11) is 0. The van der Waals surface area contributed by atoms with Crippen molar-refractivity contribution in [3.05, 3.63) is 53.2 Å². The van der Waals surface area contributed by atoms with Crippen molar-refractivity contribution in [2.75, 3.05) is 11.9 Å². The van der Waals surface area contributed by atoms with Gasteiger partial charge in [0.1, 0.15) is 10.8 Å². The van der Waals surface area contributed by atoms with Crippen molar-refractivity contribution in [1.82, 2.24) is 19.6 Å². The fraction of sp³-hybridized carbons (Fsp3) is 0.421. The molecule has 0 amide bonds. The normalized spacial score (nSPS) is 22.3. The van der Waals surface area contributed by atoms with Crippen LogP contribution in [0, 0.1) is 11.8 Å². The molecular weight excluding hydrogens is 334 g/mol. The van der Waals surface area contributed by atoms with Crippen molar-refractivity contribution in [3.8, 4) is 0 Å². The van der Waals surface area contributed by atoms with Gasteiger partial charge in [0.05, 0.1) is 5.69 Å². The third-order valence-electron chi connectivity index (χ3n) is 5.35. The summed E-state index contributed by atoms with van der Waals surface area (Å²) in [6, 6.07) is 6.21. The maximum absolute atomic E-state index is 6.57. The van der Waals surface area contributed by atoms with E-state index >= 15 is 0 Å². The first-order chi connectivity index (χ1) is 12.3. The zero-order valence-electron chi connectivity index (χ0n) is 13.9. The van der Waals surface area contributed by atoms with Crippen molar-refractivity contribution in [2.45, 2.75) is 31.6 Å². The minimum Gasteiger partial charge on any atom is -0.383 e. The molecule has 3 aromatic rings. The Bertz CT molecular complexity index is 903. The highest BCUT2D eigenvalue weighted by Crippen LogP contribution is 2.47. The summed E-state index contributed by atoms with van der Waals surface area (Å²) in [5.74, 6) is 3.05. The van der Waals surface area contributed by atoms with Crippen molar-refractivity contribution in [2.24, 2.45) is 11.8 Å². The summed E-state index contributed by atoms with van der Waals surface area (Å²) in [4.78, 5) is 4.21. The van der Waals surface area contributed by atoms with Crippen LogP contribution in [0.1, 0.15) is 36.6 Å². The Kier molecular flexibility index (Phi) is 3.63. The number of hydrogen-bond acceptors (Lipinski definition) is 4. The van der Waals surface area contributed by atoms with Gasteiger partial charge in [0.2, 0.25) is 0 Å². The fourth-order valence-corrected chi connectivity index (χ4v) is 3.80. The quantitative estimate of drug-likeness (QED) is 0.729. The van der Waals surface area contributed by atoms with Gasteiger partial charge in [-0.1, -0.05) is 17.7 Å². The maximum Gasteiger partial charge on any atom is 0.181 e. The molecule has 0 spiro atoms. The number of hydrogen-bond donors (Lipinski definition) is 1. The van der Waals surface area contributed by atoms with Crippen molar-refractivity contribution < 1.29 is 0 Å². The molecule has 5 nitrogen and oxygen atoms in total. The van der Waals surface area contributed by atoms with E-state index in [1.807, 2.05) is 35.1 Å². The summed E-state index contributed by atoms with van der Waals surface area (Å²) in [5, 5.41) is 12.8. The molecule has 0 saturated heterocycles. The Balaban J connectivity index is 1.28. The monoisotopic (exact) mass is 353 g/mol. The van der Waals surface area contributed by atoms with Gasteiger partial charge in [0.15, 0.2) is 5.65 Å². The van der Waals surface area contributed by atoms with Crippen LogP contribution < -0.4 is 5.32 Å². The Morgan fingerprint density at radius 2 is 2.16 bits per heavy atom. The SMILES string of the molecule is Clc1c(NCC2CC2c2cccnc2)ccn2c(CC3CC3)nnc12. The Morgan fingerprint density at radius 1 is 1.24 bits per heavy atom. The molecule has 3 aromatic heterocycles. The summed E-state index contributed by atoms with van der Waals surface area (Å²) in [5.41, 5.74) is 3.02. The molecule has 0 bridgehead atoms. The first kappa shape index (κ1) is 15.1. The molecule has 2 fully saturated rings. The standard InChI is InChI=1S/C19H20ClN5/c20-18-16(22-11-14-9-15(14)13-2-1-6-21-10-13)5-7-25-17(8-12-3-4-12)23-24-19(18)25/h1-2,5-7,10,12,14-15,22H,3-4,8-9,11H2. The van der Waals surface area contributed by atoms with Crippen molar-refractivity contribution >= 4 is 22.9 Å². The van der Waals surface area contributed by atoms with Crippen LogP contribution in [-0.2, 0) is 6.42 Å². The molecule has 128 valence electrons. The maximum atomic E-state index is 6.57. The molecule has 2 aliphatic rings. The van der Waals surface area contributed by atoms with Gasteiger partial charge in [0, 0.05) is 31.6 Å². The van der Waals surface area contributed by atoms with E-state index in [1.54, 1.807) is 0 Å². The van der Waals surface area contributed by atoms with Gasteiger partial charge < -0.3 is 5.32 Å². The Labute approximate surface area is 151 Å². The predicted molar refractivity (Wildman–Crippen MR) is 98.0 cm³/mol. The molecule has 0 aromatic carbocycles. The van der Waals surface area contributed by atoms with Crippen LogP contribution in [0.2, 0.25) is 5.02 Å². The number of nitrogens with zero attached hydrogens (tertiary/aromatic N) is 4. The second-order valence-corrected chi connectivity index (χ2v) is 7.65. The number of fused-ring (bicyclic) bond motifs is 1. The molecule has 3 heterocycles. The van der Waals surface area contributed by atoms with Crippen molar-refractivity contribution in [1.29, 1.82) is 0 Å². The van der Waals surface area contributed by atoms with E-state index in [0.29, 0.717) is 16.9 Å². The molecule has 6 heteroatoms. The lowest BCUT2D eigenvalue weighted by Gasteiger charge is -2.09. The third kappa shape index (κ3) is 2.97. The highest BCUT2D eigenvalue weighted by Gasteiger charge is 2.38. The highest BCUT2D eigenvalue weighted by molar-refractivity contribution is 6.36. The average molecular weight is 354 g/mol. The zero-order valence-corrected chi connectivity index (χ0v) is 14.7. The lowest BCUT2D eigenvalue weighted by molar-refractivity contribution is 0.758. The molecule has 0 radical (unpaired) electrons. The molecule has 0 aliphatic heterocycles. The number of aromatic nitrogens is 4. The van der Waals surface area contributed by atoms with E-state index < -0.39 is 0 Å². The van der Waals surface area contributed by atoms with Gasteiger partial charge in [-0.2, -0.15) is 0 Å². The molecule has 2 saturated carbocycles. The zero-order chi connectivity index (χ0) is 16.8. The van der Waals surface area contributed by atoms with E-state index in [-0.39, 0.29) is 0 Å². The van der Waals surface area contributed by atoms with Gasteiger partial charge in [-0.15, -0.1) is 10.2 Å². The van der Waals surface area contributed by atoms with E-state index in [0.717, 1.165) is 36.0 Å². The van der Waals surface area contributed by atoms with Gasteiger partial charge in [0.25, 0.3) is 0 Å². The number of halogens is 1. The largest absolute Gasteiger partial charge is 0.383 e. The minimum atomic E-state index is 0.613. The van der Waals surface area contributed by atoms with Crippen LogP contribution in [0.15, 0.2) is 36.8 Å². The number of anilines is 1. The molecule has 2 unspecified atom stereocenters. The van der Waals surface area contributed by atoms with Crippen LogP contribution in [0.4, 0.5) is 5.69 Å². The van der Waals surface area contributed by atoms with Crippen LogP contribution in [0.5, 0.6) is 0 Å². The fourth-order valence-electron chi connectivity index (χ4n) is 3.55. The summed E-state index contributed by atoms with van der Waals surface area (Å²) < 4.78 is 2.03. The molecule has 5 rings (SSSR count). The average Bonchev–Trinajstić information content (AvgIpc) is 3.55. The van der Waals surface area contributed by atoms with Crippen molar-refractivity contribution in [3.63, 3.8) is 0 Å². The molecule has 25 heavy (non-hydrogen) atoms. The molecular formula is C19H20ClN5. The molecule has 2 aliphatic carbocycles. The Morgan fingerprint density at radius 3 is 2.96 bits per heavy atom. The second-order valence-electron chi connectivity index (χ2n) is 7.27. The first-order valence-corrected chi connectivity index (χ1v) is 9.33. The topological polar surface area (TPSA) is 55.1 Å². The minimum absolute atomic E-state index is 0.613. The van der Waals surface area contributed by atoms with E-state index in [4.69, 9.17) is 11.6 Å². The molecule has 2 atom stereocenters. The van der Waals surface area contributed by atoms with Gasteiger partial charge >= 0.3 is 0 Å². The molecule has 1 N–H and O–H groups in total. The summed E-state index contributed by atoms with van der Waals surface area (Å²) in [6.07, 6.45) is 10.6. The number of nitrogens with one attached hydrogen (secondary N) is 1. The lowest BCUT2D eigenvalue weighted by atomic mass is 10.1. The smallest absolute Gasteiger partial charge is 0.181 e. The summed E-state index contributed by atoms with van der Waals surface area (Å²) >= 11 is 6.57. The highest BCUT2D eigenvalue weighted by atomic mass is 35.5. The van der Waals surface area contributed by atoms with Gasteiger partial charge in [-0.05, 0) is 54.7 Å². The van der Waals surface area contributed by atoms with Gasteiger partial charge in [-0.3, -0.25) is 9.38 Å². The number of rotatable bonds is 6. The van der Waals surface area contributed by atoms with E-state index in [2.05, 4.69) is 26.6 Å².